The highest BCUT2D eigenvalue weighted by molar-refractivity contribution is 6.64. The van der Waals surface area contributed by atoms with Crippen molar-refractivity contribution in [3.05, 3.63) is 0 Å². The van der Waals surface area contributed by atoms with E-state index >= 15 is 0 Å². The van der Waals surface area contributed by atoms with Crippen molar-refractivity contribution in [3.8, 4) is 0 Å². The van der Waals surface area contributed by atoms with E-state index in [-0.39, 0.29) is 16.4 Å². The quantitative estimate of drug-likeness (QED) is 0.228. The van der Waals surface area contributed by atoms with E-state index < -0.39 is 0 Å². The average Bonchev–Trinajstić information content (AvgIpc) is 2.46. The zero-order valence-corrected chi connectivity index (χ0v) is 17.5. The van der Waals surface area contributed by atoms with E-state index in [4.69, 9.17) is 23.2 Å². The molecule has 0 bridgehead atoms. The summed E-state index contributed by atoms with van der Waals surface area (Å²) in [6, 6.07) is 0. The molecule has 0 aliphatic rings. The second-order valence-electron chi connectivity index (χ2n) is 7.70. The second-order valence-corrected chi connectivity index (χ2v) is 8.50. The van der Waals surface area contributed by atoms with Crippen LogP contribution in [0.5, 0.6) is 0 Å². The maximum absolute atomic E-state index is 11.8. The molecule has 142 valence electrons. The van der Waals surface area contributed by atoms with Gasteiger partial charge in [-0.3, -0.25) is 9.59 Å². The first-order valence-electron chi connectivity index (χ1n) is 9.65. The predicted molar refractivity (Wildman–Crippen MR) is 105 cm³/mol. The van der Waals surface area contributed by atoms with Crippen LogP contribution in [0.4, 0.5) is 0 Å². The summed E-state index contributed by atoms with van der Waals surface area (Å²) in [6.45, 7) is 8.59. The smallest absolute Gasteiger partial charge is 0.225 e. The number of hydrogen-bond acceptors (Lipinski definition) is 2. The number of carbonyl (C=O) groups excluding carboxylic acids is 2. The third-order valence-electron chi connectivity index (χ3n) is 4.96. The molecule has 0 aliphatic heterocycles. The summed E-state index contributed by atoms with van der Waals surface area (Å²) in [5.74, 6) is 1.17. The van der Waals surface area contributed by atoms with Crippen molar-refractivity contribution in [1.29, 1.82) is 0 Å². The average molecular weight is 379 g/mol. The highest BCUT2D eigenvalue weighted by atomic mass is 35.5. The Hall–Kier alpha value is -0.0800. The highest BCUT2D eigenvalue weighted by Gasteiger charge is 2.31. The minimum absolute atomic E-state index is 0.0173. The SMILES string of the molecule is CC(C)C(CCCCCCCCCCC(=O)Cl)C(C(=O)Cl)C(C)C. The van der Waals surface area contributed by atoms with Crippen LogP contribution in [0.15, 0.2) is 0 Å². The molecule has 0 heterocycles. The molecule has 0 N–H and O–H groups in total. The molecule has 0 rings (SSSR count). The van der Waals surface area contributed by atoms with Gasteiger partial charge in [-0.1, -0.05) is 72.6 Å². The molecule has 2 nitrogen and oxygen atoms in total. The lowest BCUT2D eigenvalue weighted by Crippen LogP contribution is -2.29. The van der Waals surface area contributed by atoms with Gasteiger partial charge in [0, 0.05) is 12.3 Å². The van der Waals surface area contributed by atoms with Crippen molar-refractivity contribution >= 4 is 33.7 Å². The van der Waals surface area contributed by atoms with Gasteiger partial charge in [0.25, 0.3) is 0 Å². The van der Waals surface area contributed by atoms with Gasteiger partial charge < -0.3 is 0 Å². The molecule has 0 radical (unpaired) electrons. The van der Waals surface area contributed by atoms with E-state index in [9.17, 15) is 9.59 Å². The molecule has 0 aliphatic carbocycles. The first-order valence-corrected chi connectivity index (χ1v) is 10.4. The maximum atomic E-state index is 11.8. The van der Waals surface area contributed by atoms with Gasteiger partial charge in [0.2, 0.25) is 10.5 Å². The topological polar surface area (TPSA) is 34.1 Å². The summed E-state index contributed by atoms with van der Waals surface area (Å²) in [7, 11) is 0. The van der Waals surface area contributed by atoms with Gasteiger partial charge in [-0.2, -0.15) is 0 Å². The first kappa shape index (κ1) is 23.9. The van der Waals surface area contributed by atoms with E-state index in [0.29, 0.717) is 24.2 Å². The third-order valence-corrected chi connectivity index (χ3v) is 5.40. The van der Waals surface area contributed by atoms with Crippen LogP contribution in [0.1, 0.15) is 91.9 Å². The van der Waals surface area contributed by atoms with Crippen molar-refractivity contribution in [2.24, 2.45) is 23.7 Å². The van der Waals surface area contributed by atoms with Gasteiger partial charge in [0.15, 0.2) is 0 Å². The molecule has 0 aromatic carbocycles. The fraction of sp³-hybridized carbons (Fsp3) is 0.900. The molecule has 2 atom stereocenters. The zero-order chi connectivity index (χ0) is 18.5. The fourth-order valence-corrected chi connectivity index (χ4v) is 4.10. The Morgan fingerprint density at radius 1 is 0.708 bits per heavy atom. The minimum Gasteiger partial charge on any atom is -0.281 e. The number of rotatable bonds is 15. The van der Waals surface area contributed by atoms with Crippen LogP contribution in [0.3, 0.4) is 0 Å². The highest BCUT2D eigenvalue weighted by Crippen LogP contribution is 2.33. The van der Waals surface area contributed by atoms with E-state index in [1.54, 1.807) is 0 Å². The Morgan fingerprint density at radius 3 is 1.54 bits per heavy atom. The van der Waals surface area contributed by atoms with Crippen LogP contribution in [-0.4, -0.2) is 10.5 Å². The van der Waals surface area contributed by atoms with Gasteiger partial charge in [0.05, 0.1) is 0 Å². The van der Waals surface area contributed by atoms with E-state index in [1.807, 2.05) is 0 Å². The second kappa shape index (κ2) is 14.1. The van der Waals surface area contributed by atoms with Gasteiger partial charge >= 0.3 is 0 Å². The van der Waals surface area contributed by atoms with Gasteiger partial charge in [0.1, 0.15) is 0 Å². The van der Waals surface area contributed by atoms with Crippen LogP contribution in [0.25, 0.3) is 0 Å². The number of halogens is 2. The van der Waals surface area contributed by atoms with Gasteiger partial charge in [-0.05, 0) is 53.8 Å². The maximum Gasteiger partial charge on any atom is 0.225 e. The zero-order valence-electron chi connectivity index (χ0n) is 16.0. The Morgan fingerprint density at radius 2 is 1.17 bits per heavy atom. The van der Waals surface area contributed by atoms with Crippen LogP contribution in [0, 0.1) is 23.7 Å². The van der Waals surface area contributed by atoms with Crippen LogP contribution in [0.2, 0.25) is 0 Å². The first-order chi connectivity index (χ1) is 11.3. The monoisotopic (exact) mass is 378 g/mol. The van der Waals surface area contributed by atoms with Crippen LogP contribution >= 0.6 is 23.2 Å². The van der Waals surface area contributed by atoms with Crippen molar-refractivity contribution < 1.29 is 9.59 Å². The molecular weight excluding hydrogens is 343 g/mol. The van der Waals surface area contributed by atoms with E-state index in [1.165, 1.54) is 38.5 Å². The molecule has 24 heavy (non-hydrogen) atoms. The van der Waals surface area contributed by atoms with Crippen molar-refractivity contribution in [1.82, 2.24) is 0 Å². The summed E-state index contributed by atoms with van der Waals surface area (Å²) in [6.07, 6.45) is 11.0. The summed E-state index contributed by atoms with van der Waals surface area (Å²) >= 11 is 11.2. The Kier molecular flexibility index (Phi) is 14.1. The molecule has 0 spiro atoms. The molecule has 0 saturated carbocycles. The van der Waals surface area contributed by atoms with Gasteiger partial charge in [-0.15, -0.1) is 0 Å². The number of hydrogen-bond donors (Lipinski definition) is 0. The normalized spacial score (nSPS) is 14.2. The lowest BCUT2D eigenvalue weighted by Gasteiger charge is -2.30. The predicted octanol–water partition coefficient (Wildman–Crippen LogP) is 6.96. The van der Waals surface area contributed by atoms with Crippen LogP contribution in [-0.2, 0) is 9.59 Å². The van der Waals surface area contributed by atoms with Crippen LogP contribution < -0.4 is 0 Å². The summed E-state index contributed by atoms with van der Waals surface area (Å²) < 4.78 is 0. The van der Waals surface area contributed by atoms with E-state index in [0.717, 1.165) is 19.3 Å². The minimum atomic E-state index is -0.218. The Balaban J connectivity index is 3.86. The number of unbranched alkanes of at least 4 members (excludes halogenated alkanes) is 7. The lowest BCUT2D eigenvalue weighted by atomic mass is 9.75. The summed E-state index contributed by atoms with van der Waals surface area (Å²) in [5, 5.41) is -0.385. The van der Waals surface area contributed by atoms with Crippen molar-refractivity contribution in [3.63, 3.8) is 0 Å². The molecule has 2 unspecified atom stereocenters. The molecule has 0 aromatic rings. The van der Waals surface area contributed by atoms with E-state index in [2.05, 4.69) is 27.7 Å². The molecule has 0 fully saturated rings. The summed E-state index contributed by atoms with van der Waals surface area (Å²) in [4.78, 5) is 22.4. The fourth-order valence-electron chi connectivity index (χ4n) is 3.56. The van der Waals surface area contributed by atoms with Gasteiger partial charge in [-0.25, -0.2) is 0 Å². The molecule has 0 amide bonds. The lowest BCUT2D eigenvalue weighted by molar-refractivity contribution is -0.119. The standard InChI is InChI=1S/C20H36Cl2O2/c1-15(2)17(19(16(3)4)20(22)24)13-11-9-7-5-6-8-10-12-14-18(21)23/h15-17,19H,5-14H2,1-4H3. The Bertz CT molecular complexity index is 354. The third kappa shape index (κ3) is 11.5. The summed E-state index contributed by atoms with van der Waals surface area (Å²) in [5.41, 5.74) is 0. The number of carbonyl (C=O) groups is 2. The molecule has 0 saturated heterocycles. The van der Waals surface area contributed by atoms with Crippen molar-refractivity contribution in [2.45, 2.75) is 91.9 Å². The molecule has 4 heteroatoms. The molecular formula is C20H36Cl2O2. The Labute approximate surface area is 159 Å². The largest absolute Gasteiger partial charge is 0.281 e. The molecule has 0 aromatic heterocycles. The van der Waals surface area contributed by atoms with Crippen molar-refractivity contribution in [2.75, 3.05) is 0 Å².